The van der Waals surface area contributed by atoms with Crippen molar-refractivity contribution in [2.45, 2.75) is 12.8 Å². The zero-order valence-electron chi connectivity index (χ0n) is 4.26. The molecule has 0 aromatic rings. The van der Waals surface area contributed by atoms with Gasteiger partial charge in [0.25, 0.3) is 0 Å². The molecule has 2 heteroatoms. The molecule has 0 amide bonds. The molecular weight excluding hydrogens is 153 g/mol. The summed E-state index contributed by atoms with van der Waals surface area (Å²) in [5.41, 5.74) is 0. The van der Waals surface area contributed by atoms with Gasteiger partial charge >= 0.3 is 51.5 Å². The summed E-state index contributed by atoms with van der Waals surface area (Å²) in [6.45, 7) is 2.51. The van der Waals surface area contributed by atoms with Crippen LogP contribution in [0.5, 0.6) is 0 Å². The van der Waals surface area contributed by atoms with Crippen LogP contribution in [0.4, 0.5) is 0 Å². The molecule has 0 atom stereocenters. The Morgan fingerprint density at radius 1 is 1.29 bits per heavy atom. The van der Waals surface area contributed by atoms with Crippen molar-refractivity contribution >= 4 is 20.6 Å². The van der Waals surface area contributed by atoms with Crippen molar-refractivity contribution in [3.8, 4) is 0 Å². The monoisotopic (exact) mass is 163 g/mol. The SMILES string of the molecule is [Se]=CN1CCCC1. The van der Waals surface area contributed by atoms with Crippen molar-refractivity contribution in [2.75, 3.05) is 13.1 Å². The van der Waals surface area contributed by atoms with Crippen molar-refractivity contribution in [1.82, 2.24) is 4.90 Å². The molecule has 1 saturated heterocycles. The Labute approximate surface area is 52.1 Å². The van der Waals surface area contributed by atoms with Crippen molar-refractivity contribution < 1.29 is 0 Å². The Bertz CT molecular complexity index is 66.5. The normalized spacial score (nSPS) is 20.3. The van der Waals surface area contributed by atoms with Gasteiger partial charge < -0.3 is 0 Å². The molecule has 0 unspecified atom stereocenters. The van der Waals surface area contributed by atoms with Gasteiger partial charge in [0.15, 0.2) is 0 Å². The first kappa shape index (κ1) is 5.33. The average Bonchev–Trinajstić information content (AvgIpc) is 2.14. The van der Waals surface area contributed by atoms with Crippen LogP contribution < -0.4 is 0 Å². The van der Waals surface area contributed by atoms with Gasteiger partial charge in [0.05, 0.1) is 0 Å². The summed E-state index contributed by atoms with van der Waals surface area (Å²) in [5.74, 6) is 0. The van der Waals surface area contributed by atoms with Gasteiger partial charge in [-0.2, -0.15) is 0 Å². The fourth-order valence-electron chi connectivity index (χ4n) is 0.847. The molecule has 1 fully saturated rings. The molecule has 0 bridgehead atoms. The van der Waals surface area contributed by atoms with E-state index in [4.69, 9.17) is 0 Å². The Kier molecular flexibility index (Phi) is 1.89. The standard InChI is InChI=1S/C5H9NSe/c7-5-6-3-1-2-4-6/h5H,1-4H2. The molecule has 0 saturated carbocycles. The molecule has 0 aliphatic carbocycles. The molecule has 1 heterocycles. The minimum absolute atomic E-state index is 1.26. The zero-order chi connectivity index (χ0) is 5.11. The number of nitrogens with zero attached hydrogens (tertiary/aromatic N) is 1. The molecule has 1 rings (SSSR count). The van der Waals surface area contributed by atoms with Crippen LogP contribution in [-0.4, -0.2) is 38.6 Å². The second kappa shape index (κ2) is 2.49. The number of rotatable bonds is 1. The van der Waals surface area contributed by atoms with Gasteiger partial charge in [0.2, 0.25) is 0 Å². The number of hydrogen-bond donors (Lipinski definition) is 0. The summed E-state index contributed by atoms with van der Waals surface area (Å²) >= 11 is 2.89. The summed E-state index contributed by atoms with van der Waals surface area (Å²) < 4.78 is 0. The molecular formula is C5H9NSe. The maximum atomic E-state index is 2.89. The molecule has 0 aromatic carbocycles. The Balaban J connectivity index is 2.26. The average molecular weight is 162 g/mol. The predicted octanol–water partition coefficient (Wildman–Crippen LogP) is 0.0104. The fraction of sp³-hybridized carbons (Fsp3) is 0.800. The first-order chi connectivity index (χ1) is 3.43. The van der Waals surface area contributed by atoms with E-state index in [2.05, 4.69) is 20.5 Å². The fourth-order valence-corrected chi connectivity index (χ4v) is 1.29. The minimum atomic E-state index is 1.26. The van der Waals surface area contributed by atoms with Crippen LogP contribution >= 0.6 is 0 Å². The second-order valence-corrected chi connectivity index (χ2v) is 2.29. The summed E-state index contributed by atoms with van der Waals surface area (Å²) in [5, 5.41) is 2.05. The molecule has 0 spiro atoms. The number of hydrogen-bond acceptors (Lipinski definition) is 1. The van der Waals surface area contributed by atoms with Crippen LogP contribution in [0.2, 0.25) is 0 Å². The quantitative estimate of drug-likeness (QED) is 0.491. The van der Waals surface area contributed by atoms with Crippen LogP contribution in [-0.2, 0) is 0 Å². The predicted molar refractivity (Wildman–Crippen MR) is 32.6 cm³/mol. The van der Waals surface area contributed by atoms with Crippen LogP contribution in [0, 0.1) is 0 Å². The van der Waals surface area contributed by atoms with Crippen LogP contribution in [0.25, 0.3) is 0 Å². The summed E-state index contributed by atoms with van der Waals surface area (Å²) in [4.78, 5) is 2.31. The van der Waals surface area contributed by atoms with Crippen molar-refractivity contribution in [2.24, 2.45) is 0 Å². The third-order valence-corrected chi connectivity index (χ3v) is 1.92. The van der Waals surface area contributed by atoms with E-state index in [1.807, 2.05) is 5.04 Å². The maximum absolute atomic E-state index is 2.89. The molecule has 7 heavy (non-hydrogen) atoms. The van der Waals surface area contributed by atoms with Gasteiger partial charge in [-0.3, -0.25) is 0 Å². The van der Waals surface area contributed by atoms with Gasteiger partial charge in [-0.1, -0.05) is 0 Å². The first-order valence-corrected chi connectivity index (χ1v) is 3.62. The van der Waals surface area contributed by atoms with E-state index in [9.17, 15) is 0 Å². The Hall–Kier alpha value is 0.189. The topological polar surface area (TPSA) is 3.24 Å². The van der Waals surface area contributed by atoms with E-state index in [-0.39, 0.29) is 0 Å². The Morgan fingerprint density at radius 3 is 2.14 bits per heavy atom. The first-order valence-electron chi connectivity index (χ1n) is 2.63. The van der Waals surface area contributed by atoms with Gasteiger partial charge in [0, 0.05) is 0 Å². The van der Waals surface area contributed by atoms with Crippen LogP contribution in [0.15, 0.2) is 0 Å². The van der Waals surface area contributed by atoms with E-state index in [0.717, 1.165) is 0 Å². The van der Waals surface area contributed by atoms with Gasteiger partial charge in [-0.25, -0.2) is 0 Å². The molecule has 0 N–H and O–H groups in total. The molecule has 40 valence electrons. The van der Waals surface area contributed by atoms with E-state index < -0.39 is 0 Å². The van der Waals surface area contributed by atoms with Crippen LogP contribution in [0.1, 0.15) is 12.8 Å². The third kappa shape index (κ3) is 1.29. The third-order valence-electron chi connectivity index (χ3n) is 1.29. The van der Waals surface area contributed by atoms with E-state index in [1.165, 1.54) is 25.9 Å². The Morgan fingerprint density at radius 2 is 1.86 bits per heavy atom. The summed E-state index contributed by atoms with van der Waals surface area (Å²) in [6.07, 6.45) is 2.75. The second-order valence-electron chi connectivity index (χ2n) is 1.85. The summed E-state index contributed by atoms with van der Waals surface area (Å²) in [6, 6.07) is 0. The molecule has 1 aliphatic heterocycles. The molecule has 0 aromatic heterocycles. The van der Waals surface area contributed by atoms with E-state index in [0.29, 0.717) is 0 Å². The molecule has 1 nitrogen and oxygen atoms in total. The summed E-state index contributed by atoms with van der Waals surface area (Å²) in [7, 11) is 0. The van der Waals surface area contributed by atoms with Gasteiger partial charge in [-0.15, -0.1) is 0 Å². The van der Waals surface area contributed by atoms with E-state index in [1.54, 1.807) is 0 Å². The van der Waals surface area contributed by atoms with Crippen molar-refractivity contribution in [1.29, 1.82) is 0 Å². The molecule has 0 radical (unpaired) electrons. The molecule has 1 aliphatic rings. The number of likely N-dealkylation sites (tertiary alicyclic amines) is 1. The zero-order valence-corrected chi connectivity index (χ0v) is 5.97. The van der Waals surface area contributed by atoms with Crippen molar-refractivity contribution in [3.63, 3.8) is 0 Å². The van der Waals surface area contributed by atoms with E-state index >= 15 is 0 Å². The van der Waals surface area contributed by atoms with Crippen molar-refractivity contribution in [3.05, 3.63) is 0 Å². The van der Waals surface area contributed by atoms with Gasteiger partial charge in [-0.05, 0) is 0 Å². The van der Waals surface area contributed by atoms with Crippen LogP contribution in [0.3, 0.4) is 0 Å². The van der Waals surface area contributed by atoms with Gasteiger partial charge in [0.1, 0.15) is 0 Å².